The van der Waals surface area contributed by atoms with E-state index in [9.17, 15) is 18.0 Å². The number of rotatable bonds is 6. The molecule has 1 spiro atoms. The predicted octanol–water partition coefficient (Wildman–Crippen LogP) is 0.461. The Labute approximate surface area is 165 Å². The van der Waals surface area contributed by atoms with E-state index in [1.165, 1.54) is 19.2 Å². The highest BCUT2D eigenvalue weighted by molar-refractivity contribution is 7.89. The minimum absolute atomic E-state index is 0. The van der Waals surface area contributed by atoms with Gasteiger partial charge in [-0.25, -0.2) is 13.1 Å². The molecule has 1 unspecified atom stereocenters. The van der Waals surface area contributed by atoms with E-state index in [4.69, 9.17) is 0 Å². The molecule has 150 valence electrons. The van der Waals surface area contributed by atoms with Crippen LogP contribution in [-0.2, 0) is 19.6 Å². The van der Waals surface area contributed by atoms with Crippen LogP contribution in [0.4, 0.5) is 5.69 Å². The number of sulfonamides is 1. The lowest BCUT2D eigenvalue weighted by Crippen LogP contribution is -2.37. The van der Waals surface area contributed by atoms with Gasteiger partial charge in [-0.05, 0) is 63.0 Å². The van der Waals surface area contributed by atoms with Gasteiger partial charge >= 0.3 is 0 Å². The number of piperidine rings is 1. The molecule has 4 N–H and O–H groups in total. The number of carbonyl (C=O) groups excluding carboxylic acids is 2. The van der Waals surface area contributed by atoms with Crippen LogP contribution in [0.5, 0.6) is 0 Å². The fourth-order valence-electron chi connectivity index (χ4n) is 3.55. The minimum Gasteiger partial charge on any atom is -0.347 e. The number of nitrogens with one attached hydrogen (secondary N) is 4. The summed E-state index contributed by atoms with van der Waals surface area (Å²) in [6, 6.07) is 5.95. The molecule has 2 aliphatic rings. The molecule has 27 heavy (non-hydrogen) atoms. The Morgan fingerprint density at radius 1 is 1.26 bits per heavy atom. The Hall–Kier alpha value is -1.68. The first-order valence-corrected chi connectivity index (χ1v) is 10.2. The van der Waals surface area contributed by atoms with Gasteiger partial charge in [0.1, 0.15) is 0 Å². The first kappa shape index (κ1) is 21.6. The number of amides is 2. The average Bonchev–Trinajstić information content (AvgIpc) is 3.33. The third-order valence-electron chi connectivity index (χ3n) is 5.23. The van der Waals surface area contributed by atoms with Crippen molar-refractivity contribution in [3.63, 3.8) is 0 Å². The Kier molecular flexibility index (Phi) is 6.85. The first-order chi connectivity index (χ1) is 12.4. The topological polar surface area (TPSA) is 116 Å². The van der Waals surface area contributed by atoms with Gasteiger partial charge in [0, 0.05) is 11.6 Å². The van der Waals surface area contributed by atoms with Gasteiger partial charge in [0.2, 0.25) is 21.8 Å². The molecule has 1 aromatic carbocycles. The summed E-state index contributed by atoms with van der Waals surface area (Å²) in [6.07, 6.45) is 2.90. The average molecular weight is 417 g/mol. The zero-order valence-electron chi connectivity index (χ0n) is 15.1. The molecule has 3 rings (SSSR count). The third kappa shape index (κ3) is 4.98. The lowest BCUT2D eigenvalue weighted by atomic mass is 9.92. The van der Waals surface area contributed by atoms with E-state index in [0.717, 1.165) is 32.4 Å². The SMILES string of the molecule is CNS(=O)(=O)c1cccc(NC(=O)CNC(=O)C2CC23CCNCC3)c1.Cl. The van der Waals surface area contributed by atoms with E-state index in [2.05, 4.69) is 20.7 Å². The molecule has 1 aromatic rings. The maximum absolute atomic E-state index is 12.3. The molecule has 0 radical (unpaired) electrons. The molecule has 8 nitrogen and oxygen atoms in total. The summed E-state index contributed by atoms with van der Waals surface area (Å²) in [5.74, 6) is -0.465. The summed E-state index contributed by atoms with van der Waals surface area (Å²) in [5.41, 5.74) is 0.489. The number of halogens is 1. The summed E-state index contributed by atoms with van der Waals surface area (Å²) in [4.78, 5) is 24.4. The lowest BCUT2D eigenvalue weighted by Gasteiger charge is -2.23. The van der Waals surface area contributed by atoms with Gasteiger partial charge in [0.25, 0.3) is 0 Å². The number of anilines is 1. The third-order valence-corrected chi connectivity index (χ3v) is 6.64. The van der Waals surface area contributed by atoms with Crippen molar-refractivity contribution in [2.45, 2.75) is 24.2 Å². The van der Waals surface area contributed by atoms with Crippen LogP contribution in [0, 0.1) is 11.3 Å². The second kappa shape index (κ2) is 8.55. The van der Waals surface area contributed by atoms with Crippen LogP contribution in [0.2, 0.25) is 0 Å². The number of hydrogen-bond acceptors (Lipinski definition) is 5. The molecule has 0 bridgehead atoms. The normalized spacial score (nSPS) is 20.4. The van der Waals surface area contributed by atoms with E-state index in [1.807, 2.05) is 0 Å². The van der Waals surface area contributed by atoms with Gasteiger partial charge < -0.3 is 16.0 Å². The van der Waals surface area contributed by atoms with E-state index in [0.29, 0.717) is 5.69 Å². The van der Waals surface area contributed by atoms with Crippen LogP contribution in [0.15, 0.2) is 29.2 Å². The molecular formula is C17H25ClN4O4S. The minimum atomic E-state index is -3.58. The highest BCUT2D eigenvalue weighted by atomic mass is 35.5. The lowest BCUT2D eigenvalue weighted by molar-refractivity contribution is -0.125. The van der Waals surface area contributed by atoms with Crippen molar-refractivity contribution in [3.8, 4) is 0 Å². The summed E-state index contributed by atoms with van der Waals surface area (Å²) in [7, 11) is -2.25. The number of hydrogen-bond donors (Lipinski definition) is 4. The van der Waals surface area contributed by atoms with Crippen LogP contribution < -0.4 is 20.7 Å². The largest absolute Gasteiger partial charge is 0.347 e. The molecule has 2 amide bonds. The summed E-state index contributed by atoms with van der Waals surface area (Å²) in [6.45, 7) is 1.75. The molecule has 2 fully saturated rings. The van der Waals surface area contributed by atoms with E-state index >= 15 is 0 Å². The van der Waals surface area contributed by atoms with Gasteiger partial charge in [-0.2, -0.15) is 0 Å². The van der Waals surface area contributed by atoms with Gasteiger partial charge in [-0.1, -0.05) is 6.07 Å². The second-order valence-electron chi connectivity index (χ2n) is 6.87. The predicted molar refractivity (Wildman–Crippen MR) is 104 cm³/mol. The summed E-state index contributed by atoms with van der Waals surface area (Å²) >= 11 is 0. The van der Waals surface area contributed by atoms with Gasteiger partial charge in [0.05, 0.1) is 11.4 Å². The van der Waals surface area contributed by atoms with Crippen molar-refractivity contribution in [1.29, 1.82) is 0 Å². The van der Waals surface area contributed by atoms with Crippen LogP contribution in [0.1, 0.15) is 19.3 Å². The molecular weight excluding hydrogens is 392 g/mol. The molecule has 1 saturated carbocycles. The molecule has 1 saturated heterocycles. The van der Waals surface area contributed by atoms with Crippen molar-refractivity contribution in [2.24, 2.45) is 11.3 Å². The van der Waals surface area contributed by atoms with Crippen molar-refractivity contribution in [3.05, 3.63) is 24.3 Å². The van der Waals surface area contributed by atoms with E-state index in [-0.39, 0.29) is 41.1 Å². The Bertz CT molecular complexity index is 809. The maximum Gasteiger partial charge on any atom is 0.243 e. The maximum atomic E-state index is 12.3. The molecule has 1 aliphatic carbocycles. The van der Waals surface area contributed by atoms with Crippen LogP contribution >= 0.6 is 12.4 Å². The van der Waals surface area contributed by atoms with Crippen molar-refractivity contribution < 1.29 is 18.0 Å². The fraction of sp³-hybridized carbons (Fsp3) is 0.529. The van der Waals surface area contributed by atoms with Gasteiger partial charge in [-0.15, -0.1) is 12.4 Å². The number of carbonyl (C=O) groups is 2. The molecule has 10 heteroatoms. The number of benzene rings is 1. The standard InChI is InChI=1S/C17H24N4O4S.ClH/c1-18-26(24,25)13-4-2-3-12(9-13)21-15(22)11-20-16(23)14-10-17(14)5-7-19-8-6-17;/h2-4,9,14,18-19H,5-8,10-11H2,1H3,(H,20,23)(H,21,22);1H. The molecule has 0 aromatic heterocycles. The van der Waals surface area contributed by atoms with E-state index in [1.54, 1.807) is 12.1 Å². The molecule has 1 aliphatic heterocycles. The van der Waals surface area contributed by atoms with E-state index < -0.39 is 15.9 Å². The van der Waals surface area contributed by atoms with Crippen LogP contribution in [0.25, 0.3) is 0 Å². The first-order valence-electron chi connectivity index (χ1n) is 8.68. The monoisotopic (exact) mass is 416 g/mol. The van der Waals surface area contributed by atoms with Crippen LogP contribution in [0.3, 0.4) is 0 Å². The van der Waals surface area contributed by atoms with Gasteiger partial charge in [0.15, 0.2) is 0 Å². The van der Waals surface area contributed by atoms with Crippen LogP contribution in [-0.4, -0.2) is 46.9 Å². The highest BCUT2D eigenvalue weighted by Crippen LogP contribution is 2.58. The van der Waals surface area contributed by atoms with Crippen molar-refractivity contribution >= 4 is 39.9 Å². The highest BCUT2D eigenvalue weighted by Gasteiger charge is 2.57. The smallest absolute Gasteiger partial charge is 0.243 e. The van der Waals surface area contributed by atoms with Crippen molar-refractivity contribution in [1.82, 2.24) is 15.4 Å². The molecule has 1 heterocycles. The summed E-state index contributed by atoms with van der Waals surface area (Å²) < 4.78 is 25.8. The van der Waals surface area contributed by atoms with Crippen molar-refractivity contribution in [2.75, 3.05) is 32.0 Å². The Morgan fingerprint density at radius 3 is 2.63 bits per heavy atom. The second-order valence-corrected chi connectivity index (χ2v) is 8.76. The zero-order chi connectivity index (χ0) is 18.8. The Morgan fingerprint density at radius 2 is 1.96 bits per heavy atom. The van der Waals surface area contributed by atoms with Gasteiger partial charge in [-0.3, -0.25) is 9.59 Å². The molecule has 1 atom stereocenters. The Balaban J connectivity index is 0.00000261. The fourth-order valence-corrected chi connectivity index (χ4v) is 4.33. The quantitative estimate of drug-likeness (QED) is 0.537. The zero-order valence-corrected chi connectivity index (χ0v) is 16.7. The summed E-state index contributed by atoms with van der Waals surface area (Å²) in [5, 5.41) is 8.59.